The van der Waals surface area contributed by atoms with Crippen LogP contribution in [0, 0.1) is 0 Å². The highest BCUT2D eigenvalue weighted by atomic mass is 16.6. The molecule has 0 amide bonds. The summed E-state index contributed by atoms with van der Waals surface area (Å²) in [4.78, 5) is 6.92. The van der Waals surface area contributed by atoms with E-state index in [1.165, 1.54) is 6.20 Å². The lowest BCUT2D eigenvalue weighted by atomic mass is 10.4. The van der Waals surface area contributed by atoms with Crippen molar-refractivity contribution in [3.8, 4) is 0 Å². The van der Waals surface area contributed by atoms with Crippen molar-refractivity contribution in [2.75, 3.05) is 0 Å². The van der Waals surface area contributed by atoms with Crippen molar-refractivity contribution in [1.29, 1.82) is 0 Å². The molecular formula is C7H6N4O. The number of hydrogen-bond acceptors (Lipinski definition) is 4. The highest BCUT2D eigenvalue weighted by Gasteiger charge is 1.90. The molecule has 2 heterocycles. The van der Waals surface area contributed by atoms with Gasteiger partial charge in [0.1, 0.15) is 11.5 Å². The fourth-order valence-electron chi connectivity index (χ4n) is 0.778. The Bertz CT molecular complexity index is 312. The van der Waals surface area contributed by atoms with Gasteiger partial charge in [-0.2, -0.15) is 0 Å². The van der Waals surface area contributed by atoms with E-state index in [1.54, 1.807) is 24.5 Å². The van der Waals surface area contributed by atoms with E-state index in [9.17, 15) is 0 Å². The van der Waals surface area contributed by atoms with E-state index in [4.69, 9.17) is 0 Å². The summed E-state index contributed by atoms with van der Waals surface area (Å²) in [6.45, 7) is 0. The zero-order chi connectivity index (χ0) is 8.23. The van der Waals surface area contributed by atoms with Crippen LogP contribution in [0.4, 0.5) is 0 Å². The maximum absolute atomic E-state index is 4.40. The molecule has 1 N–H and O–H groups in total. The van der Waals surface area contributed by atoms with Crippen LogP contribution in [0.1, 0.15) is 11.5 Å². The molecule has 0 saturated carbocycles. The van der Waals surface area contributed by atoms with Gasteiger partial charge < -0.3 is 4.98 Å². The number of nitrogens with zero attached hydrogens (tertiary/aromatic N) is 3. The first-order chi connectivity index (χ1) is 5.95. The third kappa shape index (κ3) is 1.39. The quantitative estimate of drug-likeness (QED) is 0.714. The molecule has 0 atom stereocenters. The topological polar surface area (TPSA) is 67.6 Å². The van der Waals surface area contributed by atoms with Crippen LogP contribution in [0.15, 0.2) is 23.2 Å². The number of nitrogens with one attached hydrogen (secondary N) is 1. The van der Waals surface area contributed by atoms with E-state index < -0.39 is 0 Å². The van der Waals surface area contributed by atoms with Gasteiger partial charge in [0.25, 0.3) is 0 Å². The van der Waals surface area contributed by atoms with Gasteiger partial charge in [0, 0.05) is 12.4 Å². The molecule has 2 aromatic rings. The van der Waals surface area contributed by atoms with Gasteiger partial charge in [-0.3, -0.25) is 0 Å². The van der Waals surface area contributed by atoms with E-state index in [0.29, 0.717) is 5.69 Å². The molecule has 0 aliphatic rings. The highest BCUT2D eigenvalue weighted by Crippen LogP contribution is 1.99. The van der Waals surface area contributed by atoms with Crippen molar-refractivity contribution >= 4 is 12.2 Å². The Balaban J connectivity index is 2.14. The highest BCUT2D eigenvalue weighted by molar-refractivity contribution is 5.63. The summed E-state index contributed by atoms with van der Waals surface area (Å²) in [5.74, 6) is 0.776. The fraction of sp³-hybridized carbons (Fsp3) is 0. The Morgan fingerprint density at radius 1 is 1.42 bits per heavy atom. The van der Waals surface area contributed by atoms with Gasteiger partial charge in [0.05, 0.1) is 6.20 Å². The average Bonchev–Trinajstić information content (AvgIpc) is 2.74. The third-order valence-electron chi connectivity index (χ3n) is 1.31. The Morgan fingerprint density at radius 2 is 2.42 bits per heavy atom. The van der Waals surface area contributed by atoms with Gasteiger partial charge in [-0.15, -0.1) is 0 Å². The second-order valence-corrected chi connectivity index (χ2v) is 2.14. The molecule has 12 heavy (non-hydrogen) atoms. The summed E-state index contributed by atoms with van der Waals surface area (Å²) in [5.41, 5.74) is 0.673. The summed E-state index contributed by atoms with van der Waals surface area (Å²) in [6.07, 6.45) is 8.51. The smallest absolute Gasteiger partial charge is 0.130 e. The van der Waals surface area contributed by atoms with Crippen molar-refractivity contribution in [2.45, 2.75) is 0 Å². The summed E-state index contributed by atoms with van der Waals surface area (Å²) >= 11 is 0. The number of rotatable bonds is 2. The molecule has 5 nitrogen and oxygen atoms in total. The first kappa shape index (κ1) is 6.78. The minimum atomic E-state index is 0.673. The summed E-state index contributed by atoms with van der Waals surface area (Å²) in [7, 11) is 0. The molecule has 0 aliphatic carbocycles. The standard InChI is InChI=1S/C7H6N4O/c1(6-5-10-12-11-6)2-7-8-3-4-9-7/h1-5H,(H,8,9)/b2-1+. The van der Waals surface area contributed by atoms with Gasteiger partial charge in [-0.1, -0.05) is 10.3 Å². The van der Waals surface area contributed by atoms with Gasteiger partial charge in [-0.25, -0.2) is 9.61 Å². The molecule has 2 aromatic heterocycles. The van der Waals surface area contributed by atoms with Gasteiger partial charge in [-0.05, 0) is 12.2 Å². The maximum Gasteiger partial charge on any atom is 0.130 e. The molecule has 60 valence electrons. The van der Waals surface area contributed by atoms with Gasteiger partial charge in [0.15, 0.2) is 0 Å². The molecule has 0 aromatic carbocycles. The van der Waals surface area contributed by atoms with E-state index >= 15 is 0 Å². The molecule has 0 aliphatic heterocycles. The predicted octanol–water partition coefficient (Wildman–Crippen LogP) is 0.963. The molecule has 0 fully saturated rings. The zero-order valence-corrected chi connectivity index (χ0v) is 6.14. The number of H-pyrrole nitrogens is 1. The molecule has 2 rings (SSSR count). The van der Waals surface area contributed by atoms with Crippen molar-refractivity contribution in [1.82, 2.24) is 20.3 Å². The van der Waals surface area contributed by atoms with Crippen molar-refractivity contribution in [3.63, 3.8) is 0 Å². The third-order valence-corrected chi connectivity index (χ3v) is 1.31. The lowest BCUT2D eigenvalue weighted by Crippen LogP contribution is -1.73. The Labute approximate surface area is 68.1 Å². The maximum atomic E-state index is 4.40. The van der Waals surface area contributed by atoms with E-state index in [2.05, 4.69) is 24.9 Å². The van der Waals surface area contributed by atoms with Crippen LogP contribution in [-0.2, 0) is 0 Å². The summed E-state index contributed by atoms with van der Waals surface area (Å²) < 4.78 is 4.40. The monoisotopic (exact) mass is 162 g/mol. The second kappa shape index (κ2) is 3.00. The van der Waals surface area contributed by atoms with Crippen molar-refractivity contribution in [2.24, 2.45) is 0 Å². The van der Waals surface area contributed by atoms with Gasteiger partial charge >= 0.3 is 0 Å². The van der Waals surface area contributed by atoms with Crippen LogP contribution in [0.5, 0.6) is 0 Å². The normalized spacial score (nSPS) is 11.0. The van der Waals surface area contributed by atoms with E-state index in [0.717, 1.165) is 5.82 Å². The van der Waals surface area contributed by atoms with Crippen LogP contribution < -0.4 is 0 Å². The Kier molecular flexibility index (Phi) is 1.69. The van der Waals surface area contributed by atoms with Crippen LogP contribution >= 0.6 is 0 Å². The minimum absolute atomic E-state index is 0.673. The molecule has 0 bridgehead atoms. The minimum Gasteiger partial charge on any atom is -0.345 e. The number of imidazole rings is 1. The lowest BCUT2D eigenvalue weighted by Gasteiger charge is -1.79. The van der Waals surface area contributed by atoms with E-state index in [1.807, 2.05) is 0 Å². The summed E-state index contributed by atoms with van der Waals surface area (Å²) in [5, 5.41) is 7.06. The van der Waals surface area contributed by atoms with Crippen molar-refractivity contribution < 1.29 is 4.63 Å². The summed E-state index contributed by atoms with van der Waals surface area (Å²) in [6, 6.07) is 0. The van der Waals surface area contributed by atoms with Crippen molar-refractivity contribution in [3.05, 3.63) is 30.1 Å². The fourth-order valence-corrected chi connectivity index (χ4v) is 0.778. The molecule has 0 saturated heterocycles. The Hall–Kier alpha value is -1.91. The number of hydrogen-bond donors (Lipinski definition) is 1. The average molecular weight is 162 g/mol. The second-order valence-electron chi connectivity index (χ2n) is 2.14. The largest absolute Gasteiger partial charge is 0.345 e. The molecule has 0 spiro atoms. The van der Waals surface area contributed by atoms with Crippen LogP contribution in [0.2, 0.25) is 0 Å². The first-order valence-corrected chi connectivity index (χ1v) is 3.40. The molecule has 0 radical (unpaired) electrons. The van der Waals surface area contributed by atoms with Crippen LogP contribution in [0.3, 0.4) is 0 Å². The lowest BCUT2D eigenvalue weighted by molar-refractivity contribution is 0.306. The zero-order valence-electron chi connectivity index (χ0n) is 6.14. The first-order valence-electron chi connectivity index (χ1n) is 3.40. The Morgan fingerprint density at radius 3 is 3.08 bits per heavy atom. The van der Waals surface area contributed by atoms with Gasteiger partial charge in [0.2, 0.25) is 0 Å². The van der Waals surface area contributed by atoms with E-state index in [-0.39, 0.29) is 0 Å². The molecular weight excluding hydrogens is 156 g/mol. The number of aromatic nitrogens is 4. The number of aromatic amines is 1. The predicted molar refractivity (Wildman–Crippen MR) is 41.8 cm³/mol. The van der Waals surface area contributed by atoms with Crippen LogP contribution in [0.25, 0.3) is 12.2 Å². The van der Waals surface area contributed by atoms with Crippen LogP contribution in [-0.4, -0.2) is 20.3 Å². The SMILES string of the molecule is C(=C\c1ncc[nH]1)/c1cnon1. The molecule has 0 unspecified atom stereocenters. The molecule has 5 heteroatoms.